The van der Waals surface area contributed by atoms with Gasteiger partial charge in [-0.15, -0.1) is 0 Å². The molecule has 0 aliphatic carbocycles. The molecule has 2 rings (SSSR count). The minimum absolute atomic E-state index is 0.477. The van der Waals surface area contributed by atoms with Gasteiger partial charge in [-0.3, -0.25) is 0 Å². The van der Waals surface area contributed by atoms with Crippen LogP contribution in [0.2, 0.25) is 0 Å². The first-order chi connectivity index (χ1) is 4.25. The van der Waals surface area contributed by atoms with Crippen LogP contribution in [0.1, 0.15) is 6.42 Å². The highest BCUT2D eigenvalue weighted by molar-refractivity contribution is 7.55. The van der Waals surface area contributed by atoms with Crippen LogP contribution >= 0.6 is 8.15 Å². The third-order valence-corrected chi connectivity index (χ3v) is 3.49. The molecule has 2 atom stereocenters. The lowest BCUT2D eigenvalue weighted by Crippen LogP contribution is -2.73. The summed E-state index contributed by atoms with van der Waals surface area (Å²) in [5, 5.41) is 8.38. The SMILES string of the molecule is OC1CC2(NON2)P1O. The third kappa shape index (κ3) is 0.592. The quantitative estimate of drug-likeness (QED) is 0.326. The van der Waals surface area contributed by atoms with E-state index in [9.17, 15) is 0 Å². The summed E-state index contributed by atoms with van der Waals surface area (Å²) in [6, 6.07) is 0. The normalized spacial score (nSPS) is 46.0. The first kappa shape index (κ1) is 5.97. The topological polar surface area (TPSA) is 73.8 Å². The van der Waals surface area contributed by atoms with Gasteiger partial charge in [0.2, 0.25) is 0 Å². The summed E-state index contributed by atoms with van der Waals surface area (Å²) >= 11 is 0. The smallest absolute Gasteiger partial charge is 0.167 e. The van der Waals surface area contributed by atoms with Crippen molar-refractivity contribution in [3.05, 3.63) is 0 Å². The van der Waals surface area contributed by atoms with Crippen molar-refractivity contribution in [3.8, 4) is 0 Å². The van der Waals surface area contributed by atoms with Crippen LogP contribution in [0.4, 0.5) is 0 Å². The Labute approximate surface area is 52.8 Å². The monoisotopic (exact) mass is 150 g/mol. The minimum atomic E-state index is -1.33. The Balaban J connectivity index is 2.02. The average Bonchev–Trinajstić information content (AvgIpc) is 1.77. The van der Waals surface area contributed by atoms with E-state index in [1.54, 1.807) is 0 Å². The lowest BCUT2D eigenvalue weighted by molar-refractivity contribution is -0.232. The maximum absolute atomic E-state index is 9.10. The fourth-order valence-corrected chi connectivity index (χ4v) is 2.20. The van der Waals surface area contributed by atoms with Gasteiger partial charge < -0.3 is 10.00 Å². The Morgan fingerprint density at radius 2 is 2.33 bits per heavy atom. The van der Waals surface area contributed by atoms with E-state index >= 15 is 0 Å². The molecule has 2 heterocycles. The Kier molecular flexibility index (Phi) is 1.08. The highest BCUT2D eigenvalue weighted by atomic mass is 31.1. The van der Waals surface area contributed by atoms with Gasteiger partial charge in [0.25, 0.3) is 0 Å². The number of aliphatic hydroxyl groups excluding tert-OH is 1. The molecule has 2 unspecified atom stereocenters. The van der Waals surface area contributed by atoms with Crippen LogP contribution in [-0.2, 0) is 4.94 Å². The van der Waals surface area contributed by atoms with Gasteiger partial charge in [0.1, 0.15) is 5.85 Å². The molecule has 2 aliphatic heterocycles. The molecule has 0 bridgehead atoms. The lowest BCUT2D eigenvalue weighted by atomic mass is 10.3. The van der Waals surface area contributed by atoms with Gasteiger partial charge in [-0.25, -0.2) is 4.94 Å². The Hall–Kier alpha value is 0.230. The molecule has 2 saturated heterocycles. The first-order valence-corrected chi connectivity index (χ1v) is 3.97. The molecule has 0 radical (unpaired) electrons. The van der Waals surface area contributed by atoms with Gasteiger partial charge in [-0.05, 0) is 0 Å². The summed E-state index contributed by atoms with van der Waals surface area (Å²) in [6.45, 7) is 0. The zero-order chi connectivity index (χ0) is 6.48. The molecule has 5 nitrogen and oxygen atoms in total. The van der Waals surface area contributed by atoms with E-state index in [1.165, 1.54) is 0 Å². The molecule has 2 fully saturated rings. The standard InChI is InChI=1S/C3H7N2O3P/c6-2-1-3(9(2)7)4-8-5-3/h2,4-7H,1H2. The minimum Gasteiger partial charge on any atom is -0.386 e. The molecule has 4 N–H and O–H groups in total. The summed E-state index contributed by atoms with van der Waals surface area (Å²) in [4.78, 5) is 13.5. The van der Waals surface area contributed by atoms with Crippen molar-refractivity contribution in [2.24, 2.45) is 0 Å². The number of hydrogen-bond donors (Lipinski definition) is 4. The van der Waals surface area contributed by atoms with E-state index in [2.05, 4.69) is 15.9 Å². The molecular formula is C3H7N2O3P. The first-order valence-electron chi connectivity index (χ1n) is 2.61. The van der Waals surface area contributed by atoms with Gasteiger partial charge in [0.15, 0.2) is 5.40 Å². The molecule has 0 aromatic rings. The summed E-state index contributed by atoms with van der Waals surface area (Å²) in [5.74, 6) is -0.552. The molecule has 0 aromatic carbocycles. The maximum atomic E-state index is 9.10. The molecule has 0 amide bonds. The van der Waals surface area contributed by atoms with Crippen molar-refractivity contribution in [1.82, 2.24) is 11.0 Å². The molecule has 2 aliphatic rings. The largest absolute Gasteiger partial charge is 0.386 e. The van der Waals surface area contributed by atoms with Crippen LogP contribution in [-0.4, -0.2) is 21.2 Å². The maximum Gasteiger partial charge on any atom is 0.167 e. The van der Waals surface area contributed by atoms with Crippen molar-refractivity contribution in [3.63, 3.8) is 0 Å². The Morgan fingerprint density at radius 1 is 1.67 bits per heavy atom. The number of aliphatic hydroxyl groups is 1. The zero-order valence-electron chi connectivity index (χ0n) is 4.53. The molecule has 9 heavy (non-hydrogen) atoms. The van der Waals surface area contributed by atoms with Crippen LogP contribution in [0.3, 0.4) is 0 Å². The van der Waals surface area contributed by atoms with Gasteiger partial charge in [-0.1, -0.05) is 0 Å². The van der Waals surface area contributed by atoms with E-state index in [0.717, 1.165) is 0 Å². The van der Waals surface area contributed by atoms with Gasteiger partial charge in [0, 0.05) is 6.42 Å². The molecule has 52 valence electrons. The zero-order valence-corrected chi connectivity index (χ0v) is 5.43. The van der Waals surface area contributed by atoms with Gasteiger partial charge in [0.05, 0.1) is 8.15 Å². The van der Waals surface area contributed by atoms with Crippen molar-refractivity contribution >= 4 is 8.15 Å². The predicted molar refractivity (Wildman–Crippen MR) is 29.8 cm³/mol. The molecule has 1 spiro atoms. The van der Waals surface area contributed by atoms with Crippen LogP contribution in [0.25, 0.3) is 0 Å². The summed E-state index contributed by atoms with van der Waals surface area (Å²) < 4.78 is 0. The molecule has 0 aromatic heterocycles. The molecule has 6 heteroatoms. The van der Waals surface area contributed by atoms with E-state index in [-0.39, 0.29) is 0 Å². The van der Waals surface area contributed by atoms with Crippen LogP contribution in [0.15, 0.2) is 0 Å². The fourth-order valence-electron chi connectivity index (χ4n) is 0.932. The lowest BCUT2D eigenvalue weighted by Gasteiger charge is -2.54. The average molecular weight is 150 g/mol. The summed E-state index contributed by atoms with van der Waals surface area (Å²) in [5.41, 5.74) is 5.09. The number of nitrogens with one attached hydrogen (secondary N) is 2. The molecule has 0 saturated carbocycles. The van der Waals surface area contributed by atoms with Gasteiger partial charge >= 0.3 is 0 Å². The Morgan fingerprint density at radius 3 is 2.44 bits per heavy atom. The van der Waals surface area contributed by atoms with E-state index in [4.69, 9.17) is 10.00 Å². The van der Waals surface area contributed by atoms with Crippen LogP contribution in [0, 0.1) is 0 Å². The van der Waals surface area contributed by atoms with Crippen LogP contribution < -0.4 is 11.0 Å². The highest BCUT2D eigenvalue weighted by Crippen LogP contribution is 2.61. The Bertz CT molecular complexity index is 139. The summed E-state index contributed by atoms with van der Waals surface area (Å²) in [6.07, 6.45) is 0.523. The summed E-state index contributed by atoms with van der Waals surface area (Å²) in [7, 11) is -1.33. The second-order valence-corrected chi connectivity index (χ2v) is 4.24. The number of rotatable bonds is 0. The van der Waals surface area contributed by atoms with Crippen molar-refractivity contribution in [2.75, 3.05) is 0 Å². The second-order valence-electron chi connectivity index (χ2n) is 2.20. The van der Waals surface area contributed by atoms with E-state index in [0.29, 0.717) is 6.42 Å². The highest BCUT2D eigenvalue weighted by Gasteiger charge is 2.59. The fraction of sp³-hybridized carbons (Fsp3) is 1.00. The van der Waals surface area contributed by atoms with Crippen molar-refractivity contribution in [1.29, 1.82) is 0 Å². The van der Waals surface area contributed by atoms with E-state index in [1.807, 2.05) is 0 Å². The van der Waals surface area contributed by atoms with Crippen molar-refractivity contribution in [2.45, 2.75) is 17.7 Å². The number of hydrogen-bond acceptors (Lipinski definition) is 5. The number of hydroxylamine groups is 2. The predicted octanol–water partition coefficient (Wildman–Crippen LogP) is -1.21. The second kappa shape index (κ2) is 1.63. The van der Waals surface area contributed by atoms with Crippen LogP contribution in [0.5, 0.6) is 0 Å². The van der Waals surface area contributed by atoms with Crippen molar-refractivity contribution < 1.29 is 14.9 Å². The molecular weight excluding hydrogens is 143 g/mol. The third-order valence-electron chi connectivity index (χ3n) is 1.59. The van der Waals surface area contributed by atoms with Gasteiger partial charge in [-0.2, -0.15) is 11.0 Å². The van der Waals surface area contributed by atoms with E-state index < -0.39 is 19.4 Å².